The van der Waals surface area contributed by atoms with Gasteiger partial charge in [-0.2, -0.15) is 5.26 Å². The highest BCUT2D eigenvalue weighted by atomic mass is 19.1. The number of halogens is 1. The van der Waals surface area contributed by atoms with Gasteiger partial charge in [0.1, 0.15) is 17.6 Å². The molecule has 0 N–H and O–H groups in total. The van der Waals surface area contributed by atoms with Crippen molar-refractivity contribution in [1.82, 2.24) is 9.88 Å². The maximum atomic E-state index is 13.2. The van der Waals surface area contributed by atoms with E-state index in [0.717, 1.165) is 36.3 Å². The summed E-state index contributed by atoms with van der Waals surface area (Å²) in [5.41, 5.74) is 3.02. The Bertz CT molecular complexity index is 765. The number of hydrogen-bond donors (Lipinski definition) is 0. The lowest BCUT2D eigenvalue weighted by atomic mass is 9.99. The van der Waals surface area contributed by atoms with Gasteiger partial charge in [-0.1, -0.05) is 12.1 Å². The smallest absolute Gasteiger partial charge is 0.141 e. The third-order valence-electron chi connectivity index (χ3n) is 4.15. The van der Waals surface area contributed by atoms with Crippen molar-refractivity contribution in [2.24, 2.45) is 0 Å². The molecule has 0 radical (unpaired) electrons. The van der Waals surface area contributed by atoms with E-state index in [0.29, 0.717) is 12.3 Å². The van der Waals surface area contributed by atoms with E-state index in [1.54, 1.807) is 24.4 Å². The number of rotatable bonds is 3. The minimum atomic E-state index is -0.273. The fraction of sp³-hybridized carbons (Fsp3) is 0.368. The largest absolute Gasteiger partial charge is 0.373 e. The first kappa shape index (κ1) is 16.6. The van der Waals surface area contributed by atoms with E-state index in [-0.39, 0.29) is 11.4 Å². The molecule has 0 aliphatic carbocycles. The van der Waals surface area contributed by atoms with Crippen LogP contribution in [0.4, 0.5) is 4.39 Å². The van der Waals surface area contributed by atoms with Crippen LogP contribution < -0.4 is 0 Å². The molecule has 1 aliphatic rings. The van der Waals surface area contributed by atoms with Gasteiger partial charge in [-0.3, -0.25) is 4.90 Å². The summed E-state index contributed by atoms with van der Waals surface area (Å²) in [5.74, 6) is -0.273. The van der Waals surface area contributed by atoms with Crippen molar-refractivity contribution in [3.05, 3.63) is 53.6 Å². The van der Waals surface area contributed by atoms with Crippen LogP contribution in [0.5, 0.6) is 0 Å². The van der Waals surface area contributed by atoms with E-state index < -0.39 is 0 Å². The Morgan fingerprint density at radius 2 is 2.08 bits per heavy atom. The number of pyridine rings is 1. The molecule has 5 heteroatoms. The fourth-order valence-corrected chi connectivity index (χ4v) is 3.06. The van der Waals surface area contributed by atoms with Crippen LogP contribution in [0.1, 0.15) is 25.1 Å². The molecule has 1 fully saturated rings. The highest BCUT2D eigenvalue weighted by Crippen LogP contribution is 2.27. The number of nitrogens with zero attached hydrogens (tertiary/aromatic N) is 3. The Balaban J connectivity index is 1.92. The fourth-order valence-electron chi connectivity index (χ4n) is 3.06. The molecule has 124 valence electrons. The van der Waals surface area contributed by atoms with Crippen molar-refractivity contribution in [1.29, 1.82) is 5.26 Å². The number of hydrogen-bond acceptors (Lipinski definition) is 4. The van der Waals surface area contributed by atoms with E-state index in [2.05, 4.69) is 29.8 Å². The minimum Gasteiger partial charge on any atom is -0.373 e. The summed E-state index contributed by atoms with van der Waals surface area (Å²) in [6, 6.07) is 10.2. The van der Waals surface area contributed by atoms with Gasteiger partial charge in [-0.05, 0) is 48.7 Å². The number of aromatic nitrogens is 1. The SMILES string of the molecule is CC1(C)CN(Cc2cnc(C#N)cc2-c2ccc(F)cc2)CCO1. The van der Waals surface area contributed by atoms with Gasteiger partial charge < -0.3 is 4.74 Å². The van der Waals surface area contributed by atoms with E-state index in [1.807, 2.05) is 0 Å². The monoisotopic (exact) mass is 325 g/mol. The number of morpholine rings is 1. The zero-order valence-electron chi connectivity index (χ0n) is 13.9. The second-order valence-electron chi connectivity index (χ2n) is 6.66. The lowest BCUT2D eigenvalue weighted by molar-refractivity contribution is -0.0882. The van der Waals surface area contributed by atoms with Crippen LogP contribution in [-0.2, 0) is 11.3 Å². The van der Waals surface area contributed by atoms with Gasteiger partial charge in [-0.25, -0.2) is 9.37 Å². The summed E-state index contributed by atoms with van der Waals surface area (Å²) in [4.78, 5) is 6.53. The van der Waals surface area contributed by atoms with Gasteiger partial charge in [-0.15, -0.1) is 0 Å². The summed E-state index contributed by atoms with van der Waals surface area (Å²) < 4.78 is 19.0. The zero-order chi connectivity index (χ0) is 17.2. The molecule has 1 aromatic heterocycles. The minimum absolute atomic E-state index is 0.172. The third-order valence-corrected chi connectivity index (χ3v) is 4.15. The summed E-state index contributed by atoms with van der Waals surface area (Å²) in [6.07, 6.45) is 1.75. The Labute approximate surface area is 141 Å². The molecule has 0 unspecified atom stereocenters. The average Bonchev–Trinajstić information content (AvgIpc) is 2.55. The Kier molecular flexibility index (Phi) is 4.61. The van der Waals surface area contributed by atoms with Crippen LogP contribution in [-0.4, -0.2) is 35.2 Å². The lowest BCUT2D eigenvalue weighted by Gasteiger charge is -2.38. The maximum absolute atomic E-state index is 13.2. The van der Waals surface area contributed by atoms with Crippen LogP contribution >= 0.6 is 0 Å². The molecule has 1 aliphatic heterocycles. The molecule has 2 aromatic rings. The van der Waals surface area contributed by atoms with Crippen molar-refractivity contribution >= 4 is 0 Å². The van der Waals surface area contributed by atoms with Crippen molar-refractivity contribution in [3.8, 4) is 17.2 Å². The predicted octanol–water partition coefficient (Wildman–Crippen LogP) is 3.37. The van der Waals surface area contributed by atoms with Crippen molar-refractivity contribution in [2.75, 3.05) is 19.7 Å². The van der Waals surface area contributed by atoms with Crippen molar-refractivity contribution < 1.29 is 9.13 Å². The van der Waals surface area contributed by atoms with Gasteiger partial charge in [0.15, 0.2) is 0 Å². The lowest BCUT2D eigenvalue weighted by Crippen LogP contribution is -2.47. The zero-order valence-corrected chi connectivity index (χ0v) is 13.9. The van der Waals surface area contributed by atoms with Gasteiger partial charge in [0, 0.05) is 25.8 Å². The molecule has 4 nitrogen and oxygen atoms in total. The topological polar surface area (TPSA) is 49.2 Å². The van der Waals surface area contributed by atoms with E-state index in [1.165, 1.54) is 12.1 Å². The summed E-state index contributed by atoms with van der Waals surface area (Å²) >= 11 is 0. The Morgan fingerprint density at radius 1 is 1.33 bits per heavy atom. The van der Waals surface area contributed by atoms with Gasteiger partial charge in [0.25, 0.3) is 0 Å². The number of nitriles is 1. The first-order valence-electron chi connectivity index (χ1n) is 7.98. The van der Waals surface area contributed by atoms with Crippen molar-refractivity contribution in [2.45, 2.75) is 26.0 Å². The van der Waals surface area contributed by atoms with E-state index in [4.69, 9.17) is 10.00 Å². The average molecular weight is 325 g/mol. The van der Waals surface area contributed by atoms with E-state index in [9.17, 15) is 4.39 Å². The van der Waals surface area contributed by atoms with Crippen LogP contribution in [0.25, 0.3) is 11.1 Å². The molecule has 1 saturated heterocycles. The summed E-state index contributed by atoms with van der Waals surface area (Å²) in [6.45, 7) is 7.26. The van der Waals surface area contributed by atoms with Crippen LogP contribution in [0.3, 0.4) is 0 Å². The molecule has 0 saturated carbocycles. The van der Waals surface area contributed by atoms with Crippen molar-refractivity contribution in [3.63, 3.8) is 0 Å². The van der Waals surface area contributed by atoms with Gasteiger partial charge in [0.2, 0.25) is 0 Å². The first-order chi connectivity index (χ1) is 11.5. The molecule has 24 heavy (non-hydrogen) atoms. The Morgan fingerprint density at radius 3 is 2.75 bits per heavy atom. The van der Waals surface area contributed by atoms with Crippen LogP contribution in [0.15, 0.2) is 36.5 Å². The highest BCUT2D eigenvalue weighted by Gasteiger charge is 2.27. The van der Waals surface area contributed by atoms with Crippen LogP contribution in [0.2, 0.25) is 0 Å². The molecule has 0 bridgehead atoms. The molecule has 2 heterocycles. The molecular weight excluding hydrogens is 305 g/mol. The highest BCUT2D eigenvalue weighted by molar-refractivity contribution is 5.68. The van der Waals surface area contributed by atoms with Gasteiger partial charge in [0.05, 0.1) is 12.2 Å². The van der Waals surface area contributed by atoms with Gasteiger partial charge >= 0.3 is 0 Å². The number of ether oxygens (including phenoxy) is 1. The third kappa shape index (κ3) is 3.78. The second-order valence-corrected chi connectivity index (χ2v) is 6.66. The summed E-state index contributed by atoms with van der Waals surface area (Å²) in [5, 5.41) is 9.13. The normalized spacial score (nSPS) is 17.4. The molecule has 1 aromatic carbocycles. The van der Waals surface area contributed by atoms with Crippen LogP contribution in [0, 0.1) is 17.1 Å². The quantitative estimate of drug-likeness (QED) is 0.868. The molecule has 0 spiro atoms. The number of benzene rings is 1. The first-order valence-corrected chi connectivity index (χ1v) is 7.98. The van der Waals surface area contributed by atoms with E-state index >= 15 is 0 Å². The second kappa shape index (κ2) is 6.68. The predicted molar refractivity (Wildman–Crippen MR) is 89.7 cm³/mol. The molecule has 0 atom stereocenters. The Hall–Kier alpha value is -2.29. The molecule has 0 amide bonds. The molecular formula is C19H20FN3O. The standard InChI is InChI=1S/C19H20FN3O/c1-19(2)13-23(7-8-24-19)12-15-11-22-17(10-21)9-18(15)14-3-5-16(20)6-4-14/h3-6,9,11H,7-8,12-13H2,1-2H3. The molecule has 3 rings (SSSR count). The maximum Gasteiger partial charge on any atom is 0.141 e. The summed E-state index contributed by atoms with van der Waals surface area (Å²) in [7, 11) is 0.